The first kappa shape index (κ1) is 22.0. The van der Waals surface area contributed by atoms with Crippen molar-refractivity contribution in [3.8, 4) is 0 Å². The van der Waals surface area contributed by atoms with Crippen LogP contribution in [-0.4, -0.2) is 36.1 Å². The number of aryl methyl sites for hydroxylation is 1. The Labute approximate surface area is 182 Å². The average molecular weight is 427 g/mol. The van der Waals surface area contributed by atoms with Gasteiger partial charge in [-0.15, -0.1) is 0 Å². The summed E-state index contributed by atoms with van der Waals surface area (Å²) in [5.74, 6) is -0.394. The summed E-state index contributed by atoms with van der Waals surface area (Å²) in [6.45, 7) is 2.07. The molecule has 1 unspecified atom stereocenters. The second kappa shape index (κ2) is 9.43. The lowest BCUT2D eigenvalue weighted by molar-refractivity contribution is -0.148. The van der Waals surface area contributed by atoms with Crippen LogP contribution in [0.5, 0.6) is 0 Å². The van der Waals surface area contributed by atoms with Gasteiger partial charge in [-0.25, -0.2) is 0 Å². The molecule has 1 atom stereocenters. The molecule has 30 heavy (non-hydrogen) atoms. The number of benzene rings is 2. The fourth-order valence-electron chi connectivity index (χ4n) is 4.22. The van der Waals surface area contributed by atoms with Crippen LogP contribution in [0, 0.1) is 6.92 Å². The molecule has 0 aliphatic heterocycles. The van der Waals surface area contributed by atoms with Gasteiger partial charge in [-0.3, -0.25) is 14.4 Å². The van der Waals surface area contributed by atoms with E-state index in [-0.39, 0.29) is 30.6 Å². The van der Waals surface area contributed by atoms with E-state index in [1.165, 1.54) is 4.90 Å². The number of Topliss-reactive ketones (excluding diaryl/α,β-unsaturated/α-hetero) is 1. The normalized spacial score (nSPS) is 18.7. The summed E-state index contributed by atoms with van der Waals surface area (Å²) in [7, 11) is 1.66. The molecule has 0 bridgehead atoms. The Kier molecular flexibility index (Phi) is 6.93. The molecule has 1 N–H and O–H groups in total. The van der Waals surface area contributed by atoms with E-state index in [1.807, 2.05) is 43.3 Å². The summed E-state index contributed by atoms with van der Waals surface area (Å²) in [5.41, 5.74) is 1.10. The molecule has 158 valence electrons. The monoisotopic (exact) mass is 426 g/mol. The first-order chi connectivity index (χ1) is 14.4. The number of nitrogens with one attached hydrogen (secondary N) is 1. The lowest BCUT2D eigenvalue weighted by Gasteiger charge is -2.44. The zero-order valence-electron chi connectivity index (χ0n) is 17.4. The SMILES string of the molecule is Cc1ccccc1C(=O)NCCC(=O)N(C)C1(c2ccccc2Cl)CCCCC1=O. The topological polar surface area (TPSA) is 66.5 Å². The number of hydrogen-bond donors (Lipinski definition) is 1. The Morgan fingerprint density at radius 1 is 1.10 bits per heavy atom. The predicted octanol–water partition coefficient (Wildman–Crippen LogP) is 4.27. The van der Waals surface area contributed by atoms with E-state index in [4.69, 9.17) is 11.6 Å². The number of ketones is 1. The lowest BCUT2D eigenvalue weighted by Crippen LogP contribution is -2.54. The molecular weight excluding hydrogens is 400 g/mol. The maximum absolute atomic E-state index is 13.1. The summed E-state index contributed by atoms with van der Waals surface area (Å²) >= 11 is 6.44. The molecule has 1 saturated carbocycles. The van der Waals surface area contributed by atoms with Crippen LogP contribution < -0.4 is 5.32 Å². The molecule has 1 aliphatic carbocycles. The van der Waals surface area contributed by atoms with Crippen molar-refractivity contribution in [1.82, 2.24) is 10.2 Å². The largest absolute Gasteiger partial charge is 0.352 e. The van der Waals surface area contributed by atoms with Crippen molar-refractivity contribution >= 4 is 29.2 Å². The average Bonchev–Trinajstić information content (AvgIpc) is 2.74. The van der Waals surface area contributed by atoms with Gasteiger partial charge in [0.2, 0.25) is 5.91 Å². The summed E-state index contributed by atoms with van der Waals surface area (Å²) < 4.78 is 0. The summed E-state index contributed by atoms with van der Waals surface area (Å²) in [6.07, 6.45) is 2.74. The maximum Gasteiger partial charge on any atom is 0.251 e. The molecule has 2 aromatic carbocycles. The fraction of sp³-hybridized carbons (Fsp3) is 0.375. The second-order valence-corrected chi connectivity index (χ2v) is 8.15. The van der Waals surface area contributed by atoms with Gasteiger partial charge < -0.3 is 10.2 Å². The Morgan fingerprint density at radius 2 is 1.80 bits per heavy atom. The van der Waals surface area contributed by atoms with Gasteiger partial charge in [0.05, 0.1) is 0 Å². The van der Waals surface area contributed by atoms with Gasteiger partial charge in [0.1, 0.15) is 5.54 Å². The molecule has 0 saturated heterocycles. The summed E-state index contributed by atoms with van der Waals surface area (Å²) in [4.78, 5) is 40.1. The summed E-state index contributed by atoms with van der Waals surface area (Å²) in [5, 5.41) is 3.29. The minimum atomic E-state index is -1.05. The van der Waals surface area contributed by atoms with Crippen LogP contribution in [0.3, 0.4) is 0 Å². The zero-order valence-corrected chi connectivity index (χ0v) is 18.2. The molecule has 0 radical (unpaired) electrons. The quantitative estimate of drug-likeness (QED) is 0.750. The highest BCUT2D eigenvalue weighted by molar-refractivity contribution is 6.31. The van der Waals surface area contributed by atoms with Crippen molar-refractivity contribution in [2.45, 2.75) is 44.6 Å². The molecule has 0 aromatic heterocycles. The van der Waals surface area contributed by atoms with Gasteiger partial charge in [0.25, 0.3) is 5.91 Å². The van der Waals surface area contributed by atoms with Crippen molar-refractivity contribution < 1.29 is 14.4 Å². The fourth-order valence-corrected chi connectivity index (χ4v) is 4.51. The predicted molar refractivity (Wildman–Crippen MR) is 118 cm³/mol. The third-order valence-electron chi connectivity index (χ3n) is 5.93. The van der Waals surface area contributed by atoms with Crippen molar-refractivity contribution in [2.24, 2.45) is 0 Å². The molecule has 2 aromatic rings. The van der Waals surface area contributed by atoms with Crippen LogP contribution in [0.4, 0.5) is 0 Å². The Hall–Kier alpha value is -2.66. The van der Waals surface area contributed by atoms with E-state index in [2.05, 4.69) is 5.32 Å². The van der Waals surface area contributed by atoms with Gasteiger partial charge in [-0.2, -0.15) is 0 Å². The van der Waals surface area contributed by atoms with E-state index in [1.54, 1.807) is 19.2 Å². The van der Waals surface area contributed by atoms with Gasteiger partial charge in [-0.05, 0) is 43.9 Å². The number of rotatable bonds is 6. The highest BCUT2D eigenvalue weighted by atomic mass is 35.5. The zero-order chi connectivity index (χ0) is 21.7. The Morgan fingerprint density at radius 3 is 2.50 bits per heavy atom. The number of halogens is 1. The molecular formula is C24H27ClN2O3. The van der Waals surface area contributed by atoms with E-state index >= 15 is 0 Å². The highest BCUT2D eigenvalue weighted by Gasteiger charge is 2.47. The van der Waals surface area contributed by atoms with Gasteiger partial charge >= 0.3 is 0 Å². The van der Waals surface area contributed by atoms with E-state index < -0.39 is 5.54 Å². The standard InChI is InChI=1S/C24H27ClN2O3/c1-17-9-3-4-10-18(17)23(30)26-16-14-22(29)27(2)24(15-8-7-13-21(24)28)19-11-5-6-12-20(19)25/h3-6,9-12H,7-8,13-16H2,1-2H3,(H,26,30). The van der Waals surface area contributed by atoms with E-state index in [0.717, 1.165) is 18.4 Å². The van der Waals surface area contributed by atoms with Gasteiger partial charge in [-0.1, -0.05) is 48.0 Å². The number of hydrogen-bond acceptors (Lipinski definition) is 3. The molecule has 1 aliphatic rings. The number of carbonyl (C=O) groups is 3. The second-order valence-electron chi connectivity index (χ2n) is 7.74. The minimum Gasteiger partial charge on any atom is -0.352 e. The van der Waals surface area contributed by atoms with Crippen molar-refractivity contribution in [1.29, 1.82) is 0 Å². The first-order valence-corrected chi connectivity index (χ1v) is 10.6. The number of nitrogens with zero attached hydrogens (tertiary/aromatic N) is 1. The molecule has 0 spiro atoms. The van der Waals surface area contributed by atoms with Crippen LogP contribution in [-0.2, 0) is 15.1 Å². The van der Waals surface area contributed by atoms with Crippen LogP contribution in [0.25, 0.3) is 0 Å². The molecule has 5 nitrogen and oxygen atoms in total. The molecule has 1 fully saturated rings. The van der Waals surface area contributed by atoms with E-state index in [9.17, 15) is 14.4 Å². The third-order valence-corrected chi connectivity index (χ3v) is 6.26. The molecule has 3 rings (SSSR count). The van der Waals surface area contributed by atoms with Crippen molar-refractivity contribution in [2.75, 3.05) is 13.6 Å². The Balaban J connectivity index is 1.74. The Bertz CT molecular complexity index is 959. The number of amides is 2. The van der Waals surface area contributed by atoms with Gasteiger partial charge in [0, 0.05) is 42.6 Å². The number of carbonyl (C=O) groups excluding carboxylic acids is 3. The first-order valence-electron chi connectivity index (χ1n) is 10.3. The van der Waals surface area contributed by atoms with Crippen LogP contribution >= 0.6 is 11.6 Å². The number of likely N-dealkylation sites (N-methyl/N-ethyl adjacent to an activating group) is 1. The van der Waals surface area contributed by atoms with Crippen molar-refractivity contribution in [3.63, 3.8) is 0 Å². The van der Waals surface area contributed by atoms with Crippen LogP contribution in [0.2, 0.25) is 5.02 Å². The summed E-state index contributed by atoms with van der Waals surface area (Å²) in [6, 6.07) is 14.5. The van der Waals surface area contributed by atoms with Crippen LogP contribution in [0.1, 0.15) is 53.6 Å². The van der Waals surface area contributed by atoms with E-state index in [0.29, 0.717) is 29.0 Å². The lowest BCUT2D eigenvalue weighted by atomic mass is 9.74. The van der Waals surface area contributed by atoms with Crippen LogP contribution in [0.15, 0.2) is 48.5 Å². The third kappa shape index (κ3) is 4.26. The molecule has 0 heterocycles. The maximum atomic E-state index is 13.1. The smallest absolute Gasteiger partial charge is 0.251 e. The molecule has 2 amide bonds. The van der Waals surface area contributed by atoms with Gasteiger partial charge in [0.15, 0.2) is 5.78 Å². The minimum absolute atomic E-state index is 0.0154. The highest BCUT2D eigenvalue weighted by Crippen LogP contribution is 2.42. The van der Waals surface area contributed by atoms with Crippen molar-refractivity contribution in [3.05, 3.63) is 70.2 Å². The molecule has 6 heteroatoms.